The van der Waals surface area contributed by atoms with E-state index in [4.69, 9.17) is 5.73 Å². The van der Waals surface area contributed by atoms with E-state index in [0.717, 1.165) is 49.7 Å². The van der Waals surface area contributed by atoms with Crippen LogP contribution in [0.5, 0.6) is 5.75 Å². The van der Waals surface area contributed by atoms with Crippen molar-refractivity contribution in [3.63, 3.8) is 0 Å². The number of nitrogens with zero attached hydrogens (tertiary/aromatic N) is 1. The van der Waals surface area contributed by atoms with Gasteiger partial charge in [0.25, 0.3) is 5.91 Å². The lowest BCUT2D eigenvalue weighted by Gasteiger charge is -2.36. The molecule has 0 aromatic heterocycles. The molecule has 184 valence electrons. The summed E-state index contributed by atoms with van der Waals surface area (Å²) >= 11 is 0. The molecule has 1 aliphatic rings. The Balaban J connectivity index is 1.84. The number of nitrogens with two attached hydrogens (primary N) is 1. The van der Waals surface area contributed by atoms with E-state index in [1.807, 2.05) is 12.1 Å². The van der Waals surface area contributed by atoms with E-state index in [2.05, 4.69) is 55.4 Å². The van der Waals surface area contributed by atoms with Crippen molar-refractivity contribution in [2.45, 2.75) is 77.7 Å². The molecular formula is C29H41N3O2. The summed E-state index contributed by atoms with van der Waals surface area (Å²) in [6, 6.07) is 7.44. The number of aromatic hydroxyl groups is 1. The number of carbonyl (C=O) groups excluding carboxylic acids is 1. The summed E-state index contributed by atoms with van der Waals surface area (Å²) in [6.07, 6.45) is 18.7. The minimum absolute atomic E-state index is 0.107. The van der Waals surface area contributed by atoms with Crippen molar-refractivity contribution in [1.82, 2.24) is 5.32 Å². The fourth-order valence-electron chi connectivity index (χ4n) is 4.03. The number of phenolic OH excluding ortho intramolecular Hbond substituents is 1. The Kier molecular flexibility index (Phi) is 11.9. The lowest BCUT2D eigenvalue weighted by molar-refractivity contribution is -0.118. The maximum absolute atomic E-state index is 12.6. The standard InChI is InChI=1S/C29H41N3O2/c1-4-6-12-23(13-8-7-11-22(3)10-5-2)20-31-21-26(19-30)29(34)32-27-16-25(17-27)24-14-9-15-28(33)18-24/h6,9,11-15,18-19,21,25,27,33H,4-5,7-8,10,16-17,20,30H2,1-3H3,(H,32,34)/b12-6+,22-11+,23-13+,26-19+,31-21?. The van der Waals surface area contributed by atoms with Gasteiger partial charge in [-0.2, -0.15) is 0 Å². The zero-order valence-electron chi connectivity index (χ0n) is 21.0. The van der Waals surface area contributed by atoms with Gasteiger partial charge >= 0.3 is 0 Å². The van der Waals surface area contributed by atoms with Gasteiger partial charge in [-0.05, 0) is 74.6 Å². The molecule has 0 spiro atoms. The summed E-state index contributed by atoms with van der Waals surface area (Å²) in [4.78, 5) is 17.1. The van der Waals surface area contributed by atoms with Gasteiger partial charge in [0.15, 0.2) is 0 Å². The van der Waals surface area contributed by atoms with Crippen LogP contribution in [-0.2, 0) is 4.79 Å². The van der Waals surface area contributed by atoms with Gasteiger partial charge in [-0.1, -0.05) is 62.3 Å². The van der Waals surface area contributed by atoms with E-state index in [1.165, 1.54) is 18.2 Å². The molecule has 0 heterocycles. The van der Waals surface area contributed by atoms with Crippen LogP contribution in [0, 0.1) is 0 Å². The number of amides is 1. The third-order valence-corrected chi connectivity index (χ3v) is 6.04. The summed E-state index contributed by atoms with van der Waals surface area (Å²) in [6.45, 7) is 7.02. The van der Waals surface area contributed by atoms with E-state index in [9.17, 15) is 9.90 Å². The van der Waals surface area contributed by atoms with Gasteiger partial charge in [0, 0.05) is 18.5 Å². The lowest BCUT2D eigenvalue weighted by atomic mass is 9.76. The van der Waals surface area contributed by atoms with E-state index in [-0.39, 0.29) is 17.7 Å². The van der Waals surface area contributed by atoms with Gasteiger partial charge in [0.05, 0.1) is 12.1 Å². The van der Waals surface area contributed by atoms with Crippen LogP contribution >= 0.6 is 0 Å². The molecule has 34 heavy (non-hydrogen) atoms. The molecule has 0 radical (unpaired) electrons. The molecule has 0 saturated heterocycles. The maximum Gasteiger partial charge on any atom is 0.254 e. The molecular weight excluding hydrogens is 422 g/mol. The number of unbranched alkanes of at least 4 members (excludes halogenated alkanes) is 1. The van der Waals surface area contributed by atoms with E-state index in [0.29, 0.717) is 18.0 Å². The number of nitrogens with one attached hydrogen (secondary N) is 1. The van der Waals surface area contributed by atoms with Crippen LogP contribution in [0.4, 0.5) is 0 Å². The van der Waals surface area contributed by atoms with Crippen LogP contribution in [0.25, 0.3) is 0 Å². The molecule has 1 fully saturated rings. The predicted octanol–water partition coefficient (Wildman–Crippen LogP) is 6.09. The largest absolute Gasteiger partial charge is 0.508 e. The SMILES string of the molecule is CC/C=C/C(=C\CC/C=C(\C)CCC)CN=C/C(=C\N)C(=O)NC1CC(c2cccc(O)c2)C1. The number of carbonyl (C=O) groups is 1. The Hall–Kier alpha value is -3.08. The lowest BCUT2D eigenvalue weighted by Crippen LogP contribution is -2.44. The average molecular weight is 464 g/mol. The van der Waals surface area contributed by atoms with E-state index >= 15 is 0 Å². The minimum Gasteiger partial charge on any atom is -0.508 e. The second-order valence-corrected chi connectivity index (χ2v) is 8.99. The maximum atomic E-state index is 12.6. The van der Waals surface area contributed by atoms with E-state index in [1.54, 1.807) is 18.3 Å². The van der Waals surface area contributed by atoms with Gasteiger partial charge in [-0.3, -0.25) is 9.79 Å². The molecule has 2 rings (SSSR count). The first-order valence-corrected chi connectivity index (χ1v) is 12.5. The van der Waals surface area contributed by atoms with Crippen LogP contribution in [0.3, 0.4) is 0 Å². The first kappa shape index (κ1) is 27.2. The minimum atomic E-state index is -0.197. The number of aliphatic imine (C=N–C) groups is 1. The van der Waals surface area contributed by atoms with Crippen molar-refractivity contribution in [2.24, 2.45) is 10.7 Å². The number of phenols is 1. The first-order chi connectivity index (χ1) is 16.5. The number of hydrogen-bond acceptors (Lipinski definition) is 4. The average Bonchev–Trinajstić information content (AvgIpc) is 2.79. The number of hydrogen-bond donors (Lipinski definition) is 3. The quantitative estimate of drug-likeness (QED) is 0.109. The Morgan fingerprint density at radius 3 is 2.68 bits per heavy atom. The summed E-state index contributed by atoms with van der Waals surface area (Å²) < 4.78 is 0. The predicted molar refractivity (Wildman–Crippen MR) is 143 cm³/mol. The number of rotatable bonds is 13. The van der Waals surface area contributed by atoms with Gasteiger partial charge in [0.1, 0.15) is 5.75 Å². The highest BCUT2D eigenvalue weighted by Gasteiger charge is 2.31. The van der Waals surface area contributed by atoms with Crippen LogP contribution < -0.4 is 11.1 Å². The van der Waals surface area contributed by atoms with Gasteiger partial charge in [-0.15, -0.1) is 0 Å². The molecule has 1 amide bonds. The topological polar surface area (TPSA) is 87.7 Å². The molecule has 1 aromatic rings. The van der Waals surface area contributed by atoms with Crippen molar-refractivity contribution >= 4 is 12.1 Å². The van der Waals surface area contributed by atoms with Crippen molar-refractivity contribution in [1.29, 1.82) is 0 Å². The number of allylic oxidation sites excluding steroid dienone is 4. The second-order valence-electron chi connectivity index (χ2n) is 8.99. The highest BCUT2D eigenvalue weighted by atomic mass is 16.3. The van der Waals surface area contributed by atoms with Crippen LogP contribution in [0.1, 0.15) is 77.2 Å². The zero-order valence-corrected chi connectivity index (χ0v) is 21.0. The van der Waals surface area contributed by atoms with Crippen molar-refractivity contribution in [2.75, 3.05) is 6.54 Å². The molecule has 0 atom stereocenters. The third-order valence-electron chi connectivity index (χ3n) is 6.04. The van der Waals surface area contributed by atoms with Crippen LogP contribution in [0.15, 0.2) is 76.5 Å². The molecule has 4 N–H and O–H groups in total. The Morgan fingerprint density at radius 1 is 1.24 bits per heavy atom. The molecule has 1 aliphatic carbocycles. The van der Waals surface area contributed by atoms with Gasteiger partial charge in [0.2, 0.25) is 0 Å². The number of benzene rings is 1. The molecule has 5 nitrogen and oxygen atoms in total. The van der Waals surface area contributed by atoms with Crippen molar-refractivity contribution in [3.8, 4) is 5.75 Å². The Bertz CT molecular complexity index is 934. The van der Waals surface area contributed by atoms with Crippen LogP contribution in [-0.4, -0.2) is 29.8 Å². The Morgan fingerprint density at radius 2 is 2.00 bits per heavy atom. The van der Waals surface area contributed by atoms with Gasteiger partial charge in [-0.25, -0.2) is 0 Å². The normalized spacial score (nSPS) is 19.6. The summed E-state index contributed by atoms with van der Waals surface area (Å²) in [5, 5.41) is 12.7. The van der Waals surface area contributed by atoms with E-state index < -0.39 is 0 Å². The van der Waals surface area contributed by atoms with Crippen molar-refractivity contribution in [3.05, 3.63) is 77.1 Å². The van der Waals surface area contributed by atoms with Gasteiger partial charge < -0.3 is 16.2 Å². The molecule has 0 unspecified atom stereocenters. The first-order valence-electron chi connectivity index (χ1n) is 12.5. The highest BCUT2D eigenvalue weighted by Crippen LogP contribution is 2.37. The molecule has 1 saturated carbocycles. The molecule has 5 heteroatoms. The second kappa shape index (κ2) is 14.9. The summed E-state index contributed by atoms with van der Waals surface area (Å²) in [7, 11) is 0. The molecule has 0 bridgehead atoms. The summed E-state index contributed by atoms with van der Waals surface area (Å²) in [5.74, 6) is 0.437. The summed E-state index contributed by atoms with van der Waals surface area (Å²) in [5.41, 5.74) is 9.79. The highest BCUT2D eigenvalue weighted by molar-refractivity contribution is 6.12. The monoisotopic (exact) mass is 463 g/mol. The van der Waals surface area contributed by atoms with Crippen molar-refractivity contribution < 1.29 is 9.90 Å². The zero-order chi connectivity index (χ0) is 24.8. The third kappa shape index (κ3) is 9.42. The smallest absolute Gasteiger partial charge is 0.254 e. The fraction of sp³-hybridized carbons (Fsp3) is 0.448. The fourth-order valence-corrected chi connectivity index (χ4v) is 4.03. The molecule has 0 aliphatic heterocycles. The Labute approximate surface area is 205 Å². The van der Waals surface area contributed by atoms with Crippen LogP contribution in [0.2, 0.25) is 0 Å². The molecule has 1 aromatic carbocycles.